The first kappa shape index (κ1) is 12.5. The average Bonchev–Trinajstić information content (AvgIpc) is 2.43. The van der Waals surface area contributed by atoms with Crippen LogP contribution in [0, 0.1) is 0 Å². The number of amides is 1. The molecule has 94 valence electrons. The van der Waals surface area contributed by atoms with Crippen LogP contribution < -0.4 is 10.6 Å². The molecule has 1 heterocycles. The van der Waals surface area contributed by atoms with E-state index < -0.39 is 0 Å². The van der Waals surface area contributed by atoms with E-state index in [0.717, 1.165) is 16.6 Å². The number of para-hydroxylation sites is 1. The molecule has 0 aliphatic heterocycles. The lowest BCUT2D eigenvalue weighted by atomic mass is 10.2. The highest BCUT2D eigenvalue weighted by molar-refractivity contribution is 5.81. The molecule has 0 radical (unpaired) electrons. The van der Waals surface area contributed by atoms with Crippen LogP contribution in [0.5, 0.6) is 0 Å². The van der Waals surface area contributed by atoms with Gasteiger partial charge in [0, 0.05) is 19.0 Å². The highest BCUT2D eigenvalue weighted by Crippen LogP contribution is 2.11. The van der Waals surface area contributed by atoms with E-state index in [1.54, 1.807) is 7.05 Å². The molecule has 18 heavy (non-hydrogen) atoms. The third-order valence-corrected chi connectivity index (χ3v) is 2.89. The zero-order chi connectivity index (χ0) is 13.0. The Morgan fingerprint density at radius 1 is 1.28 bits per heavy atom. The fourth-order valence-electron chi connectivity index (χ4n) is 1.77. The fourth-order valence-corrected chi connectivity index (χ4v) is 1.77. The van der Waals surface area contributed by atoms with Gasteiger partial charge in [-0.15, -0.1) is 0 Å². The Morgan fingerprint density at radius 3 is 2.83 bits per heavy atom. The van der Waals surface area contributed by atoms with Gasteiger partial charge in [-0.3, -0.25) is 9.78 Å². The van der Waals surface area contributed by atoms with Gasteiger partial charge >= 0.3 is 0 Å². The van der Waals surface area contributed by atoms with Crippen LogP contribution in [0.4, 0.5) is 0 Å². The van der Waals surface area contributed by atoms with Crippen molar-refractivity contribution in [3.63, 3.8) is 0 Å². The zero-order valence-electron chi connectivity index (χ0n) is 10.6. The van der Waals surface area contributed by atoms with E-state index >= 15 is 0 Å². The predicted octanol–water partition coefficient (Wildman–Crippen LogP) is 1.46. The molecule has 2 aromatic rings. The Morgan fingerprint density at radius 2 is 2.06 bits per heavy atom. The van der Waals surface area contributed by atoms with E-state index in [0.29, 0.717) is 6.54 Å². The minimum atomic E-state index is -0.219. The predicted molar refractivity (Wildman–Crippen MR) is 72.1 cm³/mol. The first-order valence-corrected chi connectivity index (χ1v) is 6.00. The van der Waals surface area contributed by atoms with Crippen molar-refractivity contribution in [3.8, 4) is 0 Å². The van der Waals surface area contributed by atoms with Crippen molar-refractivity contribution >= 4 is 16.8 Å². The lowest BCUT2D eigenvalue weighted by Crippen LogP contribution is -2.40. The van der Waals surface area contributed by atoms with Crippen LogP contribution in [0.3, 0.4) is 0 Å². The molecule has 1 unspecified atom stereocenters. The first-order valence-electron chi connectivity index (χ1n) is 6.00. The van der Waals surface area contributed by atoms with E-state index in [4.69, 9.17) is 0 Å². The standard InChI is InChI=1S/C14H17N3O/c1-10(14(18)15-2)16-9-12-8-7-11-5-3-4-6-13(11)17-12/h3-8,10,16H,9H2,1-2H3,(H,15,18). The van der Waals surface area contributed by atoms with Crippen LogP contribution in [0.2, 0.25) is 0 Å². The number of pyridine rings is 1. The van der Waals surface area contributed by atoms with Crippen molar-refractivity contribution < 1.29 is 4.79 Å². The number of fused-ring (bicyclic) bond motifs is 1. The van der Waals surface area contributed by atoms with E-state index in [-0.39, 0.29) is 11.9 Å². The molecule has 0 fully saturated rings. The Hall–Kier alpha value is -1.94. The van der Waals surface area contributed by atoms with Gasteiger partial charge < -0.3 is 10.6 Å². The van der Waals surface area contributed by atoms with Gasteiger partial charge in [-0.2, -0.15) is 0 Å². The lowest BCUT2D eigenvalue weighted by molar-refractivity contribution is -0.122. The second kappa shape index (κ2) is 5.60. The number of hydrogen-bond acceptors (Lipinski definition) is 3. The third kappa shape index (κ3) is 2.84. The number of benzene rings is 1. The molecule has 0 saturated carbocycles. The van der Waals surface area contributed by atoms with Crippen molar-refractivity contribution in [2.75, 3.05) is 7.05 Å². The van der Waals surface area contributed by atoms with E-state index in [1.165, 1.54) is 0 Å². The van der Waals surface area contributed by atoms with Crippen LogP contribution in [0.15, 0.2) is 36.4 Å². The number of hydrogen-bond donors (Lipinski definition) is 2. The third-order valence-electron chi connectivity index (χ3n) is 2.89. The molecule has 4 nitrogen and oxygen atoms in total. The summed E-state index contributed by atoms with van der Waals surface area (Å²) in [6, 6.07) is 11.8. The van der Waals surface area contributed by atoms with E-state index in [9.17, 15) is 4.79 Å². The van der Waals surface area contributed by atoms with Gasteiger partial charge in [0.25, 0.3) is 0 Å². The molecule has 0 aliphatic carbocycles. The van der Waals surface area contributed by atoms with E-state index in [1.807, 2.05) is 43.3 Å². The maximum Gasteiger partial charge on any atom is 0.236 e. The zero-order valence-corrected chi connectivity index (χ0v) is 10.6. The second-order valence-electron chi connectivity index (χ2n) is 4.21. The highest BCUT2D eigenvalue weighted by Gasteiger charge is 2.09. The summed E-state index contributed by atoms with van der Waals surface area (Å²) in [5.41, 5.74) is 1.91. The molecular formula is C14H17N3O. The largest absolute Gasteiger partial charge is 0.358 e. The monoisotopic (exact) mass is 243 g/mol. The molecule has 1 atom stereocenters. The average molecular weight is 243 g/mol. The molecule has 0 spiro atoms. The number of nitrogens with one attached hydrogen (secondary N) is 2. The molecule has 4 heteroatoms. The molecule has 1 aromatic carbocycles. The molecule has 1 amide bonds. The highest BCUT2D eigenvalue weighted by atomic mass is 16.2. The van der Waals surface area contributed by atoms with Crippen LogP contribution >= 0.6 is 0 Å². The quantitative estimate of drug-likeness (QED) is 0.854. The Balaban J connectivity index is 2.06. The van der Waals surface area contributed by atoms with Gasteiger partial charge in [0.15, 0.2) is 0 Å². The van der Waals surface area contributed by atoms with Gasteiger partial charge in [-0.25, -0.2) is 0 Å². The number of nitrogens with zero attached hydrogens (tertiary/aromatic N) is 1. The summed E-state index contributed by atoms with van der Waals surface area (Å²) in [6.07, 6.45) is 0. The van der Waals surface area contributed by atoms with Crippen LogP contribution in [0.1, 0.15) is 12.6 Å². The van der Waals surface area contributed by atoms with Gasteiger partial charge in [-0.05, 0) is 19.1 Å². The summed E-state index contributed by atoms with van der Waals surface area (Å²) in [5.74, 6) is -0.0178. The number of carbonyl (C=O) groups is 1. The fraction of sp³-hybridized carbons (Fsp3) is 0.286. The topological polar surface area (TPSA) is 54.0 Å². The van der Waals surface area contributed by atoms with Crippen molar-refractivity contribution in [1.82, 2.24) is 15.6 Å². The van der Waals surface area contributed by atoms with Crippen LogP contribution in [0.25, 0.3) is 10.9 Å². The molecular weight excluding hydrogens is 226 g/mol. The molecule has 0 aliphatic rings. The van der Waals surface area contributed by atoms with Crippen molar-refractivity contribution in [2.45, 2.75) is 19.5 Å². The summed E-state index contributed by atoms with van der Waals surface area (Å²) in [5, 5.41) is 6.87. The number of likely N-dealkylation sites (N-methyl/N-ethyl adjacent to an activating group) is 1. The smallest absolute Gasteiger partial charge is 0.236 e. The summed E-state index contributed by atoms with van der Waals surface area (Å²) in [6.45, 7) is 2.42. The SMILES string of the molecule is CNC(=O)C(C)NCc1ccc2ccccc2n1. The molecule has 2 N–H and O–H groups in total. The second-order valence-corrected chi connectivity index (χ2v) is 4.21. The minimum Gasteiger partial charge on any atom is -0.358 e. The maximum atomic E-state index is 11.4. The summed E-state index contributed by atoms with van der Waals surface area (Å²) in [4.78, 5) is 15.9. The molecule has 2 rings (SSSR count). The van der Waals surface area contributed by atoms with Crippen LogP contribution in [-0.4, -0.2) is 24.0 Å². The van der Waals surface area contributed by atoms with Gasteiger partial charge in [0.2, 0.25) is 5.91 Å². The Labute approximate surface area is 106 Å². The Kier molecular flexibility index (Phi) is 3.89. The molecule has 0 bridgehead atoms. The van der Waals surface area contributed by atoms with Crippen LogP contribution in [-0.2, 0) is 11.3 Å². The van der Waals surface area contributed by atoms with Gasteiger partial charge in [0.05, 0.1) is 17.3 Å². The van der Waals surface area contributed by atoms with Crippen molar-refractivity contribution in [1.29, 1.82) is 0 Å². The summed E-state index contributed by atoms with van der Waals surface area (Å²) in [7, 11) is 1.63. The summed E-state index contributed by atoms with van der Waals surface area (Å²) >= 11 is 0. The van der Waals surface area contributed by atoms with Gasteiger partial charge in [-0.1, -0.05) is 24.3 Å². The van der Waals surface area contributed by atoms with Crippen molar-refractivity contribution in [3.05, 3.63) is 42.1 Å². The van der Waals surface area contributed by atoms with Crippen molar-refractivity contribution in [2.24, 2.45) is 0 Å². The van der Waals surface area contributed by atoms with Gasteiger partial charge in [0.1, 0.15) is 0 Å². The minimum absolute atomic E-state index is 0.0178. The molecule has 1 aromatic heterocycles. The maximum absolute atomic E-state index is 11.4. The Bertz CT molecular complexity index is 553. The normalized spacial score (nSPS) is 12.3. The number of aromatic nitrogens is 1. The number of carbonyl (C=O) groups excluding carboxylic acids is 1. The molecule has 0 saturated heterocycles. The summed E-state index contributed by atoms with van der Waals surface area (Å²) < 4.78 is 0. The number of rotatable bonds is 4. The van der Waals surface area contributed by atoms with E-state index in [2.05, 4.69) is 15.6 Å². The lowest BCUT2D eigenvalue weighted by Gasteiger charge is -2.11. The first-order chi connectivity index (χ1) is 8.70.